The molecule has 3 heterocycles. The summed E-state index contributed by atoms with van der Waals surface area (Å²) in [5, 5.41) is 8.95. The number of piperidine rings is 1. The molecule has 158 valence electrons. The third-order valence-electron chi connectivity index (χ3n) is 5.54. The summed E-state index contributed by atoms with van der Waals surface area (Å²) in [6.45, 7) is 8.00. The first-order valence-corrected chi connectivity index (χ1v) is 11.6. The van der Waals surface area contributed by atoms with Crippen LogP contribution in [0.4, 0.5) is 0 Å². The second-order valence-electron chi connectivity index (χ2n) is 7.70. The van der Waals surface area contributed by atoms with Gasteiger partial charge in [0.15, 0.2) is 5.96 Å². The van der Waals surface area contributed by atoms with Crippen LogP contribution in [0.2, 0.25) is 0 Å². The van der Waals surface area contributed by atoms with Gasteiger partial charge in [-0.2, -0.15) is 0 Å². The van der Waals surface area contributed by atoms with E-state index in [1.54, 1.807) is 0 Å². The molecule has 1 aromatic heterocycles. The number of likely N-dealkylation sites (tertiary alicyclic amines) is 1. The largest absolute Gasteiger partial charge is 0.377 e. The molecule has 3 unspecified atom stereocenters. The Balaban J connectivity index is 1.46. The van der Waals surface area contributed by atoms with E-state index in [9.17, 15) is 0 Å². The van der Waals surface area contributed by atoms with Crippen LogP contribution in [-0.2, 0) is 9.47 Å². The number of nitrogens with zero attached hydrogens (tertiary/aromatic N) is 2. The number of ether oxygens (including phenoxy) is 2. The van der Waals surface area contributed by atoms with E-state index in [2.05, 4.69) is 47.0 Å². The average molecular weight is 409 g/mol. The van der Waals surface area contributed by atoms with Gasteiger partial charge in [-0.1, -0.05) is 6.07 Å². The molecule has 0 saturated carbocycles. The van der Waals surface area contributed by atoms with Gasteiger partial charge in [0.25, 0.3) is 0 Å². The molecule has 0 aliphatic carbocycles. The van der Waals surface area contributed by atoms with E-state index in [4.69, 9.17) is 14.5 Å². The zero-order chi connectivity index (χ0) is 19.6. The van der Waals surface area contributed by atoms with Crippen molar-refractivity contribution in [3.63, 3.8) is 0 Å². The Labute approximate surface area is 173 Å². The van der Waals surface area contributed by atoms with Crippen molar-refractivity contribution < 1.29 is 9.47 Å². The summed E-state index contributed by atoms with van der Waals surface area (Å²) in [7, 11) is 2.25. The lowest BCUT2D eigenvalue weighted by molar-refractivity contribution is 0.0191. The molecule has 2 aliphatic rings. The molecule has 28 heavy (non-hydrogen) atoms. The molecule has 3 atom stereocenters. The Morgan fingerprint density at radius 1 is 1.36 bits per heavy atom. The molecule has 0 radical (unpaired) electrons. The van der Waals surface area contributed by atoms with E-state index < -0.39 is 0 Å². The monoisotopic (exact) mass is 408 g/mol. The first kappa shape index (κ1) is 21.6. The van der Waals surface area contributed by atoms with Crippen LogP contribution in [-0.4, -0.2) is 70.0 Å². The Morgan fingerprint density at radius 3 is 3.04 bits per heavy atom. The number of hydrogen-bond donors (Lipinski definition) is 2. The normalized spacial score (nSPS) is 26.5. The predicted molar refractivity (Wildman–Crippen MR) is 116 cm³/mol. The molecule has 2 aliphatic heterocycles. The van der Waals surface area contributed by atoms with Crippen molar-refractivity contribution in [2.75, 3.05) is 53.0 Å². The third kappa shape index (κ3) is 6.44. The number of thiophene rings is 1. The Kier molecular flexibility index (Phi) is 9.05. The fourth-order valence-electron chi connectivity index (χ4n) is 4.14. The quantitative estimate of drug-likeness (QED) is 0.374. The van der Waals surface area contributed by atoms with Crippen LogP contribution in [0.15, 0.2) is 22.5 Å². The molecule has 2 N–H and O–H groups in total. The zero-order valence-corrected chi connectivity index (χ0v) is 18.2. The van der Waals surface area contributed by atoms with Crippen LogP contribution in [0.25, 0.3) is 0 Å². The first-order valence-electron chi connectivity index (χ1n) is 10.7. The van der Waals surface area contributed by atoms with E-state index >= 15 is 0 Å². The van der Waals surface area contributed by atoms with Crippen LogP contribution in [0, 0.1) is 5.92 Å². The maximum atomic E-state index is 5.75. The number of nitrogens with one attached hydrogen (secondary N) is 2. The van der Waals surface area contributed by atoms with Gasteiger partial charge < -0.3 is 20.1 Å². The van der Waals surface area contributed by atoms with Crippen molar-refractivity contribution in [2.45, 2.75) is 44.8 Å². The predicted octanol–water partition coefficient (Wildman–Crippen LogP) is 2.88. The molecule has 0 aromatic carbocycles. The lowest BCUT2D eigenvalue weighted by atomic mass is 9.88. The van der Waals surface area contributed by atoms with E-state index in [0.29, 0.717) is 31.3 Å². The molecular weight excluding hydrogens is 372 g/mol. The van der Waals surface area contributed by atoms with Gasteiger partial charge in [0.05, 0.1) is 19.3 Å². The number of aliphatic imine (C=N–C) groups is 1. The SMILES string of the molecule is CCNC(=NCC1CCCN(C)C1c1cccs1)NCCOCC1CCCO1. The minimum absolute atomic E-state index is 0.291. The summed E-state index contributed by atoms with van der Waals surface area (Å²) in [5.74, 6) is 1.45. The lowest BCUT2D eigenvalue weighted by Gasteiger charge is -2.38. The summed E-state index contributed by atoms with van der Waals surface area (Å²) >= 11 is 1.86. The summed E-state index contributed by atoms with van der Waals surface area (Å²) < 4.78 is 11.3. The van der Waals surface area contributed by atoms with Crippen molar-refractivity contribution >= 4 is 17.3 Å². The van der Waals surface area contributed by atoms with Crippen LogP contribution in [0.1, 0.15) is 43.5 Å². The van der Waals surface area contributed by atoms with Crippen molar-refractivity contribution in [1.29, 1.82) is 0 Å². The molecule has 3 rings (SSSR count). The van der Waals surface area contributed by atoms with Crippen LogP contribution >= 0.6 is 11.3 Å². The molecule has 0 bridgehead atoms. The van der Waals surface area contributed by atoms with Gasteiger partial charge in [0.2, 0.25) is 0 Å². The molecule has 2 saturated heterocycles. The Hall–Kier alpha value is -1.15. The van der Waals surface area contributed by atoms with E-state index in [1.807, 2.05) is 11.3 Å². The van der Waals surface area contributed by atoms with Crippen molar-refractivity contribution in [2.24, 2.45) is 10.9 Å². The fourth-order valence-corrected chi connectivity index (χ4v) is 5.13. The highest BCUT2D eigenvalue weighted by atomic mass is 32.1. The molecule has 2 fully saturated rings. The van der Waals surface area contributed by atoms with Gasteiger partial charge in [0.1, 0.15) is 0 Å². The van der Waals surface area contributed by atoms with Crippen LogP contribution < -0.4 is 10.6 Å². The maximum absolute atomic E-state index is 5.75. The van der Waals surface area contributed by atoms with E-state index in [1.165, 1.54) is 24.3 Å². The Morgan fingerprint density at radius 2 is 2.29 bits per heavy atom. The summed E-state index contributed by atoms with van der Waals surface area (Å²) in [5.41, 5.74) is 0. The molecular formula is C21H36N4O2S. The van der Waals surface area contributed by atoms with Crippen molar-refractivity contribution in [3.05, 3.63) is 22.4 Å². The third-order valence-corrected chi connectivity index (χ3v) is 6.48. The lowest BCUT2D eigenvalue weighted by Crippen LogP contribution is -2.41. The highest BCUT2D eigenvalue weighted by Crippen LogP contribution is 2.37. The van der Waals surface area contributed by atoms with Crippen LogP contribution in [0.3, 0.4) is 0 Å². The van der Waals surface area contributed by atoms with Gasteiger partial charge in [-0.3, -0.25) is 9.89 Å². The van der Waals surface area contributed by atoms with Gasteiger partial charge >= 0.3 is 0 Å². The van der Waals surface area contributed by atoms with Crippen molar-refractivity contribution in [3.8, 4) is 0 Å². The molecule has 1 aromatic rings. The standard InChI is InChI=1S/C21H36N4O2S/c1-3-22-21(23-10-13-26-16-18-8-5-12-27-18)24-15-17-7-4-11-25(2)20(17)19-9-6-14-28-19/h6,9,14,17-18,20H,3-5,7-8,10-13,15-16H2,1-2H3,(H2,22,23,24). The summed E-state index contributed by atoms with van der Waals surface area (Å²) in [4.78, 5) is 8.85. The molecule has 0 spiro atoms. The van der Waals surface area contributed by atoms with E-state index in [-0.39, 0.29) is 0 Å². The topological polar surface area (TPSA) is 58.1 Å². The minimum Gasteiger partial charge on any atom is -0.377 e. The van der Waals surface area contributed by atoms with Crippen LogP contribution in [0.5, 0.6) is 0 Å². The zero-order valence-electron chi connectivity index (χ0n) is 17.4. The number of rotatable bonds is 9. The van der Waals surface area contributed by atoms with Gasteiger partial charge in [-0.05, 0) is 63.6 Å². The van der Waals surface area contributed by atoms with Gasteiger partial charge in [-0.15, -0.1) is 11.3 Å². The van der Waals surface area contributed by atoms with Gasteiger partial charge in [-0.25, -0.2) is 0 Å². The van der Waals surface area contributed by atoms with Gasteiger partial charge in [0, 0.05) is 37.2 Å². The second-order valence-corrected chi connectivity index (χ2v) is 8.68. The van der Waals surface area contributed by atoms with Crippen molar-refractivity contribution in [1.82, 2.24) is 15.5 Å². The number of guanidine groups is 1. The highest BCUT2D eigenvalue weighted by Gasteiger charge is 2.31. The van der Waals surface area contributed by atoms with E-state index in [0.717, 1.165) is 45.0 Å². The fraction of sp³-hybridized carbons (Fsp3) is 0.762. The first-order chi connectivity index (χ1) is 13.8. The number of hydrogen-bond acceptors (Lipinski definition) is 5. The molecule has 0 amide bonds. The molecule has 7 heteroatoms. The summed E-state index contributed by atoms with van der Waals surface area (Å²) in [6, 6.07) is 4.91. The Bertz CT molecular complexity index is 575. The molecule has 6 nitrogen and oxygen atoms in total. The smallest absolute Gasteiger partial charge is 0.191 e. The second kappa shape index (κ2) is 11.8. The minimum atomic E-state index is 0.291. The highest BCUT2D eigenvalue weighted by molar-refractivity contribution is 7.10. The maximum Gasteiger partial charge on any atom is 0.191 e. The average Bonchev–Trinajstić information content (AvgIpc) is 3.40. The summed E-state index contributed by atoms with van der Waals surface area (Å²) in [6.07, 6.45) is 5.06.